The van der Waals surface area contributed by atoms with Crippen molar-refractivity contribution in [2.24, 2.45) is 0 Å². The summed E-state index contributed by atoms with van der Waals surface area (Å²) in [5.74, 6) is -0.868. The summed E-state index contributed by atoms with van der Waals surface area (Å²) in [6.45, 7) is 2.69. The number of benzene rings is 1. The maximum absolute atomic E-state index is 12.1. The highest BCUT2D eigenvalue weighted by atomic mass is 16.4. The number of amides is 1. The van der Waals surface area contributed by atoms with Crippen LogP contribution >= 0.6 is 0 Å². The number of hydrogen-bond donors (Lipinski definition) is 2. The number of rotatable bonds is 7. The van der Waals surface area contributed by atoms with E-state index in [9.17, 15) is 9.59 Å². The van der Waals surface area contributed by atoms with Crippen LogP contribution in [0.25, 0.3) is 10.9 Å². The first-order chi connectivity index (χ1) is 10.1. The third kappa shape index (κ3) is 4.08. The summed E-state index contributed by atoms with van der Waals surface area (Å²) in [5, 5.41) is 9.82. The number of nitrogens with one attached hydrogen (secondary N) is 1. The van der Waals surface area contributed by atoms with E-state index in [-0.39, 0.29) is 18.9 Å². The maximum atomic E-state index is 12.1. The van der Waals surface area contributed by atoms with Gasteiger partial charge in [0.25, 0.3) is 0 Å². The molecule has 0 spiro atoms. The van der Waals surface area contributed by atoms with Gasteiger partial charge in [0.1, 0.15) is 0 Å². The molecule has 21 heavy (non-hydrogen) atoms. The predicted octanol–water partition coefficient (Wildman–Crippen LogP) is 2.42. The lowest BCUT2D eigenvalue weighted by atomic mass is 10.1. The van der Waals surface area contributed by atoms with Crippen molar-refractivity contribution in [2.45, 2.75) is 26.2 Å². The second kappa shape index (κ2) is 6.92. The molecule has 0 aliphatic heterocycles. The second-order valence-electron chi connectivity index (χ2n) is 5.02. The summed E-state index contributed by atoms with van der Waals surface area (Å²) < 4.78 is 0. The number of hydrogen-bond acceptors (Lipinski definition) is 2. The van der Waals surface area contributed by atoms with Crippen molar-refractivity contribution in [3.8, 4) is 0 Å². The van der Waals surface area contributed by atoms with E-state index in [1.165, 1.54) is 0 Å². The van der Waals surface area contributed by atoms with Gasteiger partial charge >= 0.3 is 5.97 Å². The number of nitrogens with zero attached hydrogens (tertiary/aromatic N) is 1. The Hall–Kier alpha value is -2.30. The Morgan fingerprint density at radius 3 is 2.76 bits per heavy atom. The van der Waals surface area contributed by atoms with E-state index in [1.54, 1.807) is 4.90 Å². The van der Waals surface area contributed by atoms with Crippen LogP contribution in [0.3, 0.4) is 0 Å². The molecule has 0 bridgehead atoms. The number of aromatic nitrogens is 1. The Bertz CT molecular complexity index is 633. The summed E-state index contributed by atoms with van der Waals surface area (Å²) in [5.41, 5.74) is 2.20. The average molecular weight is 288 g/mol. The molecule has 1 aromatic carbocycles. The summed E-state index contributed by atoms with van der Waals surface area (Å²) in [6, 6.07) is 8.11. The molecule has 0 fully saturated rings. The lowest BCUT2D eigenvalue weighted by Crippen LogP contribution is -2.32. The first kappa shape index (κ1) is 15.1. The van der Waals surface area contributed by atoms with E-state index in [1.807, 2.05) is 31.3 Å². The van der Waals surface area contributed by atoms with Gasteiger partial charge in [-0.3, -0.25) is 9.59 Å². The lowest BCUT2D eigenvalue weighted by molar-refractivity contribution is -0.138. The van der Waals surface area contributed by atoms with Crippen molar-refractivity contribution in [2.75, 3.05) is 13.1 Å². The number of carbonyl (C=O) groups is 2. The molecule has 1 heterocycles. The number of carbonyl (C=O) groups excluding carboxylic acids is 1. The SMILES string of the molecule is CCN(CCC(=O)O)C(=O)CCc1ccc2[nH]ccc2c1. The number of carboxylic acid groups (broad SMARTS) is 1. The zero-order valence-electron chi connectivity index (χ0n) is 12.1. The fraction of sp³-hybridized carbons (Fsp3) is 0.375. The Kier molecular flexibility index (Phi) is 4.98. The molecule has 1 amide bonds. The van der Waals surface area contributed by atoms with Gasteiger partial charge < -0.3 is 15.0 Å². The number of aromatic amines is 1. The van der Waals surface area contributed by atoms with Gasteiger partial charge in [-0.1, -0.05) is 6.07 Å². The van der Waals surface area contributed by atoms with Crippen LogP contribution in [0.1, 0.15) is 25.3 Å². The largest absolute Gasteiger partial charge is 0.481 e. The Morgan fingerprint density at radius 2 is 2.05 bits per heavy atom. The number of carboxylic acids is 1. The van der Waals surface area contributed by atoms with E-state index in [0.29, 0.717) is 19.4 Å². The van der Waals surface area contributed by atoms with Crippen LogP contribution in [0.5, 0.6) is 0 Å². The second-order valence-corrected chi connectivity index (χ2v) is 5.02. The van der Waals surface area contributed by atoms with Gasteiger partial charge in [0.15, 0.2) is 0 Å². The fourth-order valence-electron chi connectivity index (χ4n) is 2.36. The van der Waals surface area contributed by atoms with Crippen molar-refractivity contribution in [1.82, 2.24) is 9.88 Å². The highest BCUT2D eigenvalue weighted by Crippen LogP contribution is 2.15. The van der Waals surface area contributed by atoms with Crippen LogP contribution in [0.15, 0.2) is 30.5 Å². The molecule has 2 N–H and O–H groups in total. The van der Waals surface area contributed by atoms with Crippen molar-refractivity contribution < 1.29 is 14.7 Å². The molecular formula is C16H20N2O3. The molecule has 5 heteroatoms. The van der Waals surface area contributed by atoms with Gasteiger partial charge in [0.2, 0.25) is 5.91 Å². The Balaban J connectivity index is 1.91. The number of fused-ring (bicyclic) bond motifs is 1. The number of aryl methyl sites for hydroxylation is 1. The third-order valence-corrected chi connectivity index (χ3v) is 3.58. The molecule has 0 saturated carbocycles. The molecular weight excluding hydrogens is 268 g/mol. The molecule has 2 rings (SSSR count). The monoisotopic (exact) mass is 288 g/mol. The zero-order chi connectivity index (χ0) is 15.2. The highest BCUT2D eigenvalue weighted by Gasteiger charge is 2.13. The summed E-state index contributed by atoms with van der Waals surface area (Å²) in [6.07, 6.45) is 2.96. The zero-order valence-corrected chi connectivity index (χ0v) is 12.1. The quantitative estimate of drug-likeness (QED) is 0.821. The smallest absolute Gasteiger partial charge is 0.305 e. The minimum atomic E-state index is -0.876. The number of H-pyrrole nitrogens is 1. The maximum Gasteiger partial charge on any atom is 0.305 e. The molecule has 0 atom stereocenters. The lowest BCUT2D eigenvalue weighted by Gasteiger charge is -2.19. The molecule has 5 nitrogen and oxygen atoms in total. The van der Waals surface area contributed by atoms with Gasteiger partial charge in [-0.25, -0.2) is 0 Å². The summed E-state index contributed by atoms with van der Waals surface area (Å²) in [7, 11) is 0. The molecule has 0 aliphatic rings. The topological polar surface area (TPSA) is 73.4 Å². The summed E-state index contributed by atoms with van der Waals surface area (Å²) >= 11 is 0. The summed E-state index contributed by atoms with van der Waals surface area (Å²) in [4.78, 5) is 27.4. The Morgan fingerprint density at radius 1 is 1.24 bits per heavy atom. The molecule has 0 saturated heterocycles. The minimum absolute atomic E-state index is 0.00507. The van der Waals surface area contributed by atoms with E-state index >= 15 is 0 Å². The molecule has 0 aliphatic carbocycles. The van der Waals surface area contributed by atoms with Crippen molar-refractivity contribution in [3.05, 3.63) is 36.0 Å². The van der Waals surface area contributed by atoms with E-state index in [0.717, 1.165) is 16.5 Å². The molecule has 0 unspecified atom stereocenters. The van der Waals surface area contributed by atoms with Gasteiger partial charge in [-0.15, -0.1) is 0 Å². The van der Waals surface area contributed by atoms with E-state index in [4.69, 9.17) is 5.11 Å². The van der Waals surface area contributed by atoms with Crippen LogP contribution < -0.4 is 0 Å². The van der Waals surface area contributed by atoms with Gasteiger partial charge in [-0.2, -0.15) is 0 Å². The molecule has 1 aromatic heterocycles. The standard InChI is InChI=1S/C16H20N2O3/c1-2-18(10-8-16(20)21)15(19)6-4-12-3-5-14-13(11-12)7-9-17-14/h3,5,7,9,11,17H,2,4,6,8,10H2,1H3,(H,20,21). The number of aliphatic carboxylic acids is 1. The third-order valence-electron chi connectivity index (χ3n) is 3.58. The van der Waals surface area contributed by atoms with Crippen LogP contribution in [-0.2, 0) is 16.0 Å². The highest BCUT2D eigenvalue weighted by molar-refractivity contribution is 5.80. The normalized spacial score (nSPS) is 10.7. The fourth-order valence-corrected chi connectivity index (χ4v) is 2.36. The van der Waals surface area contributed by atoms with Crippen molar-refractivity contribution in [3.63, 3.8) is 0 Å². The van der Waals surface area contributed by atoms with E-state index < -0.39 is 5.97 Å². The van der Waals surface area contributed by atoms with Crippen LogP contribution in [0.4, 0.5) is 0 Å². The minimum Gasteiger partial charge on any atom is -0.481 e. The molecule has 2 aromatic rings. The first-order valence-corrected chi connectivity index (χ1v) is 7.15. The van der Waals surface area contributed by atoms with E-state index in [2.05, 4.69) is 11.1 Å². The van der Waals surface area contributed by atoms with Gasteiger partial charge in [0.05, 0.1) is 6.42 Å². The van der Waals surface area contributed by atoms with Gasteiger partial charge in [0, 0.05) is 31.2 Å². The molecule has 112 valence electrons. The predicted molar refractivity (Wildman–Crippen MR) is 81.1 cm³/mol. The Labute approximate surface area is 123 Å². The van der Waals surface area contributed by atoms with Crippen LogP contribution in [-0.4, -0.2) is 40.0 Å². The van der Waals surface area contributed by atoms with Gasteiger partial charge in [-0.05, 0) is 42.5 Å². The first-order valence-electron chi connectivity index (χ1n) is 7.15. The average Bonchev–Trinajstić information content (AvgIpc) is 2.92. The molecule has 0 radical (unpaired) electrons. The van der Waals surface area contributed by atoms with Crippen molar-refractivity contribution in [1.29, 1.82) is 0 Å². The van der Waals surface area contributed by atoms with Crippen LogP contribution in [0.2, 0.25) is 0 Å². The van der Waals surface area contributed by atoms with Crippen molar-refractivity contribution >= 4 is 22.8 Å². The van der Waals surface area contributed by atoms with Crippen LogP contribution in [0, 0.1) is 0 Å².